The van der Waals surface area contributed by atoms with E-state index in [4.69, 9.17) is 10.5 Å². The van der Waals surface area contributed by atoms with Crippen LogP contribution in [0.15, 0.2) is 24.3 Å². The van der Waals surface area contributed by atoms with Gasteiger partial charge in [-0.3, -0.25) is 4.79 Å². The van der Waals surface area contributed by atoms with Gasteiger partial charge in [0.25, 0.3) is 0 Å². The third-order valence-corrected chi connectivity index (χ3v) is 4.45. The summed E-state index contributed by atoms with van der Waals surface area (Å²) in [4.78, 5) is 12.3. The Bertz CT molecular complexity index is 511. The fourth-order valence-corrected chi connectivity index (χ4v) is 2.86. The normalized spacial score (nSPS) is 19.5. The van der Waals surface area contributed by atoms with Crippen molar-refractivity contribution in [2.45, 2.75) is 50.7 Å². The minimum absolute atomic E-state index is 0. The van der Waals surface area contributed by atoms with Gasteiger partial charge >= 0.3 is 0 Å². The van der Waals surface area contributed by atoms with Crippen LogP contribution in [0.3, 0.4) is 0 Å². The van der Waals surface area contributed by atoms with Crippen molar-refractivity contribution in [3.05, 3.63) is 29.8 Å². The van der Waals surface area contributed by atoms with Crippen LogP contribution in [0.5, 0.6) is 0 Å². The van der Waals surface area contributed by atoms with Gasteiger partial charge in [0, 0.05) is 12.3 Å². The number of carbonyl (C=O) groups is 1. The summed E-state index contributed by atoms with van der Waals surface area (Å²) in [6.45, 7) is 1.45. The van der Waals surface area contributed by atoms with E-state index in [1.54, 1.807) is 0 Å². The second kappa shape index (κ2) is 7.44. The highest BCUT2D eigenvalue weighted by Crippen LogP contribution is 2.30. The summed E-state index contributed by atoms with van der Waals surface area (Å²) in [5.74, 6) is 0.711. The largest absolute Gasteiger partial charge is 0.376 e. The van der Waals surface area contributed by atoms with Crippen LogP contribution in [-0.4, -0.2) is 18.1 Å². The summed E-state index contributed by atoms with van der Waals surface area (Å²) in [6, 6.07) is 7.85. The summed E-state index contributed by atoms with van der Waals surface area (Å²) in [5, 5.41) is 2.96. The Morgan fingerprint density at radius 2 is 2.05 bits per heavy atom. The van der Waals surface area contributed by atoms with Crippen LogP contribution < -0.4 is 11.1 Å². The lowest BCUT2D eigenvalue weighted by molar-refractivity contribution is -0.121. The van der Waals surface area contributed by atoms with Gasteiger partial charge in [-0.05, 0) is 49.3 Å². The van der Waals surface area contributed by atoms with E-state index in [9.17, 15) is 4.79 Å². The minimum atomic E-state index is -0.682. The highest BCUT2D eigenvalue weighted by Gasteiger charge is 2.36. The van der Waals surface area contributed by atoms with Gasteiger partial charge in [-0.1, -0.05) is 25.0 Å². The van der Waals surface area contributed by atoms with Gasteiger partial charge in [-0.25, -0.2) is 0 Å². The average molecular weight is 325 g/mol. The van der Waals surface area contributed by atoms with E-state index in [1.807, 2.05) is 24.3 Å². The van der Waals surface area contributed by atoms with E-state index in [0.29, 0.717) is 6.61 Å². The van der Waals surface area contributed by atoms with E-state index in [0.717, 1.165) is 49.5 Å². The summed E-state index contributed by atoms with van der Waals surface area (Å²) in [7, 11) is 0. The highest BCUT2D eigenvalue weighted by atomic mass is 35.5. The number of hydrogen-bond acceptors (Lipinski definition) is 3. The van der Waals surface area contributed by atoms with Crippen LogP contribution in [0.4, 0.5) is 5.69 Å². The number of rotatable bonds is 6. The zero-order valence-electron chi connectivity index (χ0n) is 12.8. The average Bonchev–Trinajstić information content (AvgIpc) is 3.19. The standard InChI is InChI=1S/C17H24N2O2.ClH/c18-17(8-1-2-9-17)16(20)19-15-5-3-4-14(10-15)12-21-11-13-6-7-13;/h3-5,10,13H,1-2,6-9,11-12,18H2,(H,19,20);1H. The van der Waals surface area contributed by atoms with Gasteiger partial charge < -0.3 is 15.8 Å². The van der Waals surface area contributed by atoms with Gasteiger partial charge in [-0.2, -0.15) is 0 Å². The second-order valence-corrected chi connectivity index (χ2v) is 6.48. The number of anilines is 1. The van der Waals surface area contributed by atoms with Crippen molar-refractivity contribution < 1.29 is 9.53 Å². The molecule has 1 aromatic carbocycles. The molecule has 4 nitrogen and oxygen atoms in total. The zero-order valence-corrected chi connectivity index (χ0v) is 13.7. The molecule has 5 heteroatoms. The van der Waals surface area contributed by atoms with Crippen LogP contribution in [0.1, 0.15) is 44.1 Å². The van der Waals surface area contributed by atoms with Crippen molar-refractivity contribution in [2.75, 3.05) is 11.9 Å². The molecule has 0 heterocycles. The quantitative estimate of drug-likeness (QED) is 0.844. The molecule has 122 valence electrons. The van der Waals surface area contributed by atoms with Crippen molar-refractivity contribution in [1.82, 2.24) is 0 Å². The minimum Gasteiger partial charge on any atom is -0.376 e. The molecule has 1 aromatic rings. The van der Waals surface area contributed by atoms with Gasteiger partial charge in [-0.15, -0.1) is 12.4 Å². The van der Waals surface area contributed by atoms with E-state index in [1.165, 1.54) is 12.8 Å². The number of carbonyl (C=O) groups excluding carboxylic acids is 1. The number of halogens is 1. The molecule has 0 saturated heterocycles. The molecule has 2 aliphatic rings. The predicted molar refractivity (Wildman–Crippen MR) is 90.1 cm³/mol. The number of nitrogens with two attached hydrogens (primary N) is 1. The van der Waals surface area contributed by atoms with Crippen LogP contribution in [0.2, 0.25) is 0 Å². The van der Waals surface area contributed by atoms with E-state index >= 15 is 0 Å². The molecule has 2 aliphatic carbocycles. The van der Waals surface area contributed by atoms with E-state index in [2.05, 4.69) is 5.32 Å². The van der Waals surface area contributed by atoms with Crippen LogP contribution in [0.25, 0.3) is 0 Å². The molecule has 2 saturated carbocycles. The SMILES string of the molecule is Cl.NC1(C(=O)Nc2cccc(COCC3CC3)c2)CCCC1. The molecule has 0 spiro atoms. The van der Waals surface area contributed by atoms with Crippen molar-refractivity contribution in [3.8, 4) is 0 Å². The summed E-state index contributed by atoms with van der Waals surface area (Å²) in [5.41, 5.74) is 7.39. The van der Waals surface area contributed by atoms with Gasteiger partial charge in [0.15, 0.2) is 0 Å². The third kappa shape index (κ3) is 4.45. The number of benzene rings is 1. The number of ether oxygens (including phenoxy) is 1. The Kier molecular flexibility index (Phi) is 5.84. The molecule has 0 atom stereocenters. The fraction of sp³-hybridized carbons (Fsp3) is 0.588. The van der Waals surface area contributed by atoms with Crippen molar-refractivity contribution in [2.24, 2.45) is 11.7 Å². The summed E-state index contributed by atoms with van der Waals surface area (Å²) in [6.07, 6.45) is 6.24. The Labute approximate surface area is 138 Å². The Hall–Kier alpha value is -1.10. The summed E-state index contributed by atoms with van der Waals surface area (Å²) >= 11 is 0. The Balaban J connectivity index is 0.00000176. The van der Waals surface area contributed by atoms with Crippen molar-refractivity contribution in [1.29, 1.82) is 0 Å². The lowest BCUT2D eigenvalue weighted by Gasteiger charge is -2.22. The molecule has 22 heavy (non-hydrogen) atoms. The molecule has 1 amide bonds. The van der Waals surface area contributed by atoms with Crippen LogP contribution >= 0.6 is 12.4 Å². The highest BCUT2D eigenvalue weighted by molar-refractivity contribution is 5.98. The molecule has 0 radical (unpaired) electrons. The topological polar surface area (TPSA) is 64.4 Å². The molecule has 0 aromatic heterocycles. The number of amides is 1. The second-order valence-electron chi connectivity index (χ2n) is 6.48. The lowest BCUT2D eigenvalue weighted by Crippen LogP contribution is -2.48. The van der Waals surface area contributed by atoms with Gasteiger partial charge in [0.1, 0.15) is 0 Å². The first-order valence-corrected chi connectivity index (χ1v) is 7.93. The number of hydrogen-bond donors (Lipinski definition) is 2. The van der Waals surface area contributed by atoms with E-state index < -0.39 is 5.54 Å². The first-order valence-electron chi connectivity index (χ1n) is 7.93. The third-order valence-electron chi connectivity index (χ3n) is 4.45. The lowest BCUT2D eigenvalue weighted by atomic mass is 9.98. The van der Waals surface area contributed by atoms with E-state index in [-0.39, 0.29) is 18.3 Å². The van der Waals surface area contributed by atoms with Crippen LogP contribution in [-0.2, 0) is 16.1 Å². The van der Waals surface area contributed by atoms with Crippen molar-refractivity contribution in [3.63, 3.8) is 0 Å². The first kappa shape index (κ1) is 17.3. The maximum Gasteiger partial charge on any atom is 0.244 e. The molecular weight excluding hydrogens is 300 g/mol. The Morgan fingerprint density at radius 1 is 1.32 bits per heavy atom. The molecule has 0 bridgehead atoms. The fourth-order valence-electron chi connectivity index (χ4n) is 2.86. The Morgan fingerprint density at radius 3 is 2.73 bits per heavy atom. The maximum absolute atomic E-state index is 12.3. The predicted octanol–water partition coefficient (Wildman–Crippen LogP) is 3.25. The first-order chi connectivity index (χ1) is 10.2. The molecule has 2 fully saturated rings. The zero-order chi connectivity index (χ0) is 14.7. The monoisotopic (exact) mass is 324 g/mol. The maximum atomic E-state index is 12.3. The smallest absolute Gasteiger partial charge is 0.244 e. The van der Waals surface area contributed by atoms with Crippen molar-refractivity contribution >= 4 is 24.0 Å². The molecule has 3 N–H and O–H groups in total. The molecule has 0 unspecified atom stereocenters. The molecule has 3 rings (SSSR count). The molecule has 0 aliphatic heterocycles. The van der Waals surface area contributed by atoms with Crippen LogP contribution in [0, 0.1) is 5.92 Å². The van der Waals surface area contributed by atoms with Gasteiger partial charge in [0.05, 0.1) is 12.1 Å². The number of nitrogens with one attached hydrogen (secondary N) is 1. The molecular formula is C17H25ClN2O2. The van der Waals surface area contributed by atoms with Gasteiger partial charge in [0.2, 0.25) is 5.91 Å². The summed E-state index contributed by atoms with van der Waals surface area (Å²) < 4.78 is 5.69.